The third-order valence-corrected chi connectivity index (χ3v) is 4.14. The summed E-state index contributed by atoms with van der Waals surface area (Å²) in [5, 5.41) is 13.4. The van der Waals surface area contributed by atoms with Crippen LogP contribution >= 0.6 is 22.9 Å². The zero-order chi connectivity index (χ0) is 13.9. The molecule has 0 radical (unpaired) electrons. The normalized spacial score (nSPS) is 12.3. The van der Waals surface area contributed by atoms with Crippen LogP contribution in [-0.4, -0.2) is 15.0 Å². The predicted octanol–water partition coefficient (Wildman–Crippen LogP) is 4.16. The van der Waals surface area contributed by atoms with Crippen molar-refractivity contribution in [3.63, 3.8) is 0 Å². The lowest BCUT2D eigenvalue weighted by atomic mass is 10.1. The average Bonchev–Trinajstić information content (AvgIpc) is 3.10. The molecule has 3 rings (SSSR count). The summed E-state index contributed by atoms with van der Waals surface area (Å²) >= 11 is 7.53. The minimum Gasteiger partial charge on any atom is -0.377 e. The number of nitrogens with zero attached hydrogens (tertiary/aromatic N) is 3. The van der Waals surface area contributed by atoms with Gasteiger partial charge >= 0.3 is 0 Å². The smallest absolute Gasteiger partial charge is 0.0931 e. The van der Waals surface area contributed by atoms with Gasteiger partial charge in [-0.05, 0) is 36.1 Å². The first kappa shape index (κ1) is 13.1. The second-order valence-electron chi connectivity index (χ2n) is 4.41. The molecule has 0 fully saturated rings. The van der Waals surface area contributed by atoms with Crippen LogP contribution in [0.1, 0.15) is 18.5 Å². The molecule has 0 saturated heterocycles. The standard InChI is InChI=1S/C14H13ClN4S/c1-10(11-8-14(15)20-9-11)17-12-4-2-3-5-13(12)19-7-6-16-18-19/h2-10,17H,1H3. The molecule has 2 heterocycles. The Hall–Kier alpha value is -1.85. The summed E-state index contributed by atoms with van der Waals surface area (Å²) in [7, 11) is 0. The topological polar surface area (TPSA) is 42.7 Å². The Balaban J connectivity index is 1.88. The molecule has 0 spiro atoms. The highest BCUT2D eigenvalue weighted by atomic mass is 35.5. The minimum atomic E-state index is 0.170. The van der Waals surface area contributed by atoms with E-state index in [1.165, 1.54) is 5.56 Å². The van der Waals surface area contributed by atoms with Crippen LogP contribution in [0.2, 0.25) is 4.34 Å². The van der Waals surface area contributed by atoms with Gasteiger partial charge in [0.1, 0.15) is 0 Å². The van der Waals surface area contributed by atoms with Gasteiger partial charge in [-0.3, -0.25) is 0 Å². The van der Waals surface area contributed by atoms with Crippen LogP contribution in [0.3, 0.4) is 0 Å². The zero-order valence-electron chi connectivity index (χ0n) is 10.8. The number of halogens is 1. The molecule has 1 atom stereocenters. The molecule has 102 valence electrons. The molecule has 0 aliphatic heterocycles. The highest BCUT2D eigenvalue weighted by Crippen LogP contribution is 2.29. The quantitative estimate of drug-likeness (QED) is 0.787. The fourth-order valence-corrected chi connectivity index (χ4v) is 2.98. The van der Waals surface area contributed by atoms with Crippen LogP contribution in [0.25, 0.3) is 5.69 Å². The average molecular weight is 305 g/mol. The van der Waals surface area contributed by atoms with Crippen LogP contribution in [-0.2, 0) is 0 Å². The SMILES string of the molecule is CC(Nc1ccccc1-n1ccnn1)c1csc(Cl)c1. The monoisotopic (exact) mass is 304 g/mol. The third kappa shape index (κ3) is 2.69. The van der Waals surface area contributed by atoms with Gasteiger partial charge in [0.15, 0.2) is 0 Å². The highest BCUT2D eigenvalue weighted by Gasteiger charge is 2.11. The Kier molecular flexibility index (Phi) is 3.71. The molecule has 20 heavy (non-hydrogen) atoms. The molecule has 2 aromatic heterocycles. The first-order valence-corrected chi connectivity index (χ1v) is 7.46. The summed E-state index contributed by atoms with van der Waals surface area (Å²) in [6, 6.07) is 10.2. The van der Waals surface area contributed by atoms with Crippen LogP contribution in [0.4, 0.5) is 5.69 Å². The van der Waals surface area contributed by atoms with Crippen molar-refractivity contribution in [3.05, 3.63) is 58.0 Å². The maximum absolute atomic E-state index is 5.99. The first-order valence-electron chi connectivity index (χ1n) is 6.20. The number of thiophene rings is 1. The van der Waals surface area contributed by atoms with E-state index < -0.39 is 0 Å². The number of para-hydroxylation sites is 2. The predicted molar refractivity (Wildman–Crippen MR) is 82.7 cm³/mol. The minimum absolute atomic E-state index is 0.170. The van der Waals surface area contributed by atoms with E-state index >= 15 is 0 Å². The number of nitrogens with one attached hydrogen (secondary N) is 1. The van der Waals surface area contributed by atoms with Gasteiger partial charge in [0, 0.05) is 6.04 Å². The molecule has 1 unspecified atom stereocenters. The van der Waals surface area contributed by atoms with E-state index in [9.17, 15) is 0 Å². The molecule has 0 saturated carbocycles. The third-order valence-electron chi connectivity index (χ3n) is 3.03. The fraction of sp³-hybridized carbons (Fsp3) is 0.143. The maximum Gasteiger partial charge on any atom is 0.0931 e. The zero-order valence-corrected chi connectivity index (χ0v) is 12.4. The molecular formula is C14H13ClN4S. The van der Waals surface area contributed by atoms with Gasteiger partial charge < -0.3 is 5.32 Å². The van der Waals surface area contributed by atoms with Crippen LogP contribution in [0, 0.1) is 0 Å². The molecule has 0 aliphatic carbocycles. The van der Waals surface area contributed by atoms with Crippen molar-refractivity contribution in [2.75, 3.05) is 5.32 Å². The van der Waals surface area contributed by atoms with Crippen molar-refractivity contribution in [2.24, 2.45) is 0 Å². The van der Waals surface area contributed by atoms with Gasteiger partial charge in [-0.2, -0.15) is 0 Å². The van der Waals surface area contributed by atoms with Gasteiger partial charge in [-0.1, -0.05) is 28.9 Å². The van der Waals surface area contributed by atoms with Crippen LogP contribution < -0.4 is 5.32 Å². The highest BCUT2D eigenvalue weighted by molar-refractivity contribution is 7.14. The van der Waals surface area contributed by atoms with Crippen molar-refractivity contribution in [2.45, 2.75) is 13.0 Å². The van der Waals surface area contributed by atoms with Crippen molar-refractivity contribution in [1.29, 1.82) is 0 Å². The van der Waals surface area contributed by atoms with E-state index in [1.54, 1.807) is 22.2 Å². The number of rotatable bonds is 4. The molecule has 3 aromatic rings. The fourth-order valence-electron chi connectivity index (χ4n) is 2.00. The number of hydrogen-bond donors (Lipinski definition) is 1. The van der Waals surface area contributed by atoms with E-state index in [-0.39, 0.29) is 6.04 Å². The van der Waals surface area contributed by atoms with Gasteiger partial charge in [-0.25, -0.2) is 4.68 Å². The van der Waals surface area contributed by atoms with Gasteiger partial charge in [0.2, 0.25) is 0 Å². The van der Waals surface area contributed by atoms with Gasteiger partial charge in [0.25, 0.3) is 0 Å². The number of aromatic nitrogens is 3. The molecule has 4 nitrogen and oxygen atoms in total. The first-order chi connectivity index (χ1) is 9.74. The second-order valence-corrected chi connectivity index (χ2v) is 5.96. The molecule has 0 aliphatic rings. The molecule has 0 amide bonds. The van der Waals surface area contributed by atoms with E-state index in [1.807, 2.05) is 36.5 Å². The van der Waals surface area contributed by atoms with Crippen molar-refractivity contribution >= 4 is 28.6 Å². The maximum atomic E-state index is 5.99. The Morgan fingerprint density at radius 1 is 1.35 bits per heavy atom. The molecule has 1 N–H and O–H groups in total. The van der Waals surface area contributed by atoms with Crippen molar-refractivity contribution in [1.82, 2.24) is 15.0 Å². The Morgan fingerprint density at radius 3 is 2.90 bits per heavy atom. The van der Waals surface area contributed by atoms with E-state index in [4.69, 9.17) is 11.6 Å². The second kappa shape index (κ2) is 5.64. The van der Waals surface area contributed by atoms with Crippen LogP contribution in [0.15, 0.2) is 48.1 Å². The summed E-state index contributed by atoms with van der Waals surface area (Å²) in [4.78, 5) is 0. The van der Waals surface area contributed by atoms with E-state index in [2.05, 4.69) is 27.9 Å². The molecule has 1 aromatic carbocycles. The largest absolute Gasteiger partial charge is 0.377 e. The van der Waals surface area contributed by atoms with Gasteiger partial charge in [0.05, 0.1) is 28.1 Å². The lowest BCUT2D eigenvalue weighted by molar-refractivity contribution is 0.798. The van der Waals surface area contributed by atoms with Crippen LogP contribution in [0.5, 0.6) is 0 Å². The number of anilines is 1. The Bertz CT molecular complexity index is 693. The molecule has 0 bridgehead atoms. The summed E-state index contributed by atoms with van der Waals surface area (Å²) in [5.41, 5.74) is 3.15. The summed E-state index contributed by atoms with van der Waals surface area (Å²) in [6.45, 7) is 2.11. The summed E-state index contributed by atoms with van der Waals surface area (Å²) in [5.74, 6) is 0. The number of benzene rings is 1. The van der Waals surface area contributed by atoms with E-state index in [0.29, 0.717) is 0 Å². The molecule has 6 heteroatoms. The number of hydrogen-bond acceptors (Lipinski definition) is 4. The summed E-state index contributed by atoms with van der Waals surface area (Å²) < 4.78 is 2.55. The lowest BCUT2D eigenvalue weighted by Crippen LogP contribution is -2.09. The molecular weight excluding hydrogens is 292 g/mol. The van der Waals surface area contributed by atoms with Gasteiger partial charge in [-0.15, -0.1) is 16.4 Å². The van der Waals surface area contributed by atoms with Crippen molar-refractivity contribution < 1.29 is 0 Å². The van der Waals surface area contributed by atoms with Crippen molar-refractivity contribution in [3.8, 4) is 5.69 Å². The Labute approximate surface area is 126 Å². The van der Waals surface area contributed by atoms with E-state index in [0.717, 1.165) is 15.7 Å². The lowest BCUT2D eigenvalue weighted by Gasteiger charge is -2.17. The summed E-state index contributed by atoms with van der Waals surface area (Å²) in [6.07, 6.45) is 3.49. The Morgan fingerprint density at radius 2 is 2.20 bits per heavy atom.